The Balaban J connectivity index is 0.00000272. The maximum Gasteiger partial charge on any atom is 0.256 e. The summed E-state index contributed by atoms with van der Waals surface area (Å²) in [6.45, 7) is 0. The number of halogens is 1. The van der Waals surface area contributed by atoms with Gasteiger partial charge in [-0.05, 0) is 54.0 Å². The van der Waals surface area contributed by atoms with E-state index >= 15 is 0 Å². The van der Waals surface area contributed by atoms with Crippen molar-refractivity contribution in [2.75, 3.05) is 5.32 Å². The third kappa shape index (κ3) is 5.12. The zero-order valence-corrected chi connectivity index (χ0v) is 17.4. The molecular weight excluding hydrogens is 414 g/mol. The highest BCUT2D eigenvalue weighted by Gasteiger charge is 2.23. The van der Waals surface area contributed by atoms with Crippen LogP contribution in [0.15, 0.2) is 72.8 Å². The van der Waals surface area contributed by atoms with Crippen LogP contribution in [0, 0.1) is 0 Å². The molecule has 7 heteroatoms. The van der Waals surface area contributed by atoms with Gasteiger partial charge in [-0.15, -0.1) is 12.4 Å². The molecule has 1 atom stereocenters. The largest absolute Gasteiger partial charge is 0.457 e. The number of nitrogens with one attached hydrogen (secondary N) is 1. The molecule has 5 N–H and O–H groups in total. The Hall–Kier alpha value is -3.61. The molecule has 6 nitrogen and oxygen atoms in total. The molecular formula is C24H22ClN3O3. The number of ether oxygens (including phenoxy) is 1. The smallest absolute Gasteiger partial charge is 0.256 e. The van der Waals surface area contributed by atoms with Crippen molar-refractivity contribution in [1.82, 2.24) is 0 Å². The fourth-order valence-electron chi connectivity index (χ4n) is 3.27. The van der Waals surface area contributed by atoms with Crippen LogP contribution in [-0.2, 0) is 16.0 Å². The van der Waals surface area contributed by atoms with E-state index in [-0.39, 0.29) is 18.3 Å². The molecule has 158 valence electrons. The molecule has 1 unspecified atom stereocenters. The fourth-order valence-corrected chi connectivity index (χ4v) is 3.27. The number of carbonyl (C=O) groups excluding carboxylic acids is 2. The van der Waals surface area contributed by atoms with Crippen LogP contribution in [0.2, 0.25) is 0 Å². The highest BCUT2D eigenvalue weighted by molar-refractivity contribution is 6.34. The average Bonchev–Trinajstić information content (AvgIpc) is 3.06. The van der Waals surface area contributed by atoms with Crippen LogP contribution in [-0.4, -0.2) is 17.9 Å². The zero-order chi connectivity index (χ0) is 21.1. The third-order valence-corrected chi connectivity index (χ3v) is 4.88. The second kappa shape index (κ2) is 9.47. The molecule has 4 rings (SSSR count). The Morgan fingerprint density at radius 3 is 2.23 bits per heavy atom. The Morgan fingerprint density at radius 1 is 0.968 bits per heavy atom. The number of para-hydroxylation sites is 1. The van der Waals surface area contributed by atoms with E-state index in [2.05, 4.69) is 5.32 Å². The highest BCUT2D eigenvalue weighted by atomic mass is 35.5. The number of hydrogen-bond acceptors (Lipinski definition) is 4. The van der Waals surface area contributed by atoms with Gasteiger partial charge in [0.15, 0.2) is 0 Å². The lowest BCUT2D eigenvalue weighted by molar-refractivity contribution is -0.119. The molecule has 1 aliphatic heterocycles. The predicted octanol–water partition coefficient (Wildman–Crippen LogP) is 3.75. The summed E-state index contributed by atoms with van der Waals surface area (Å²) in [5.74, 6) is 0.716. The van der Waals surface area contributed by atoms with E-state index in [9.17, 15) is 9.59 Å². The lowest BCUT2D eigenvalue weighted by atomic mass is 10.0. The van der Waals surface area contributed by atoms with Crippen LogP contribution in [0.5, 0.6) is 11.5 Å². The molecule has 0 aromatic heterocycles. The Labute approximate surface area is 186 Å². The van der Waals surface area contributed by atoms with Crippen LogP contribution in [0.4, 0.5) is 5.69 Å². The van der Waals surface area contributed by atoms with E-state index < -0.39 is 11.9 Å². The average molecular weight is 436 g/mol. The Bertz CT molecular complexity index is 1130. The van der Waals surface area contributed by atoms with Crippen molar-refractivity contribution in [3.63, 3.8) is 0 Å². The van der Waals surface area contributed by atoms with Crippen LogP contribution < -0.4 is 21.5 Å². The fraction of sp³-hybridized carbons (Fsp3) is 0.0833. The van der Waals surface area contributed by atoms with Crippen molar-refractivity contribution >= 4 is 41.6 Å². The lowest BCUT2D eigenvalue weighted by Crippen LogP contribution is -2.38. The van der Waals surface area contributed by atoms with Gasteiger partial charge in [-0.2, -0.15) is 0 Å². The Kier molecular flexibility index (Phi) is 6.74. The van der Waals surface area contributed by atoms with Gasteiger partial charge in [0.1, 0.15) is 11.5 Å². The first-order valence-corrected chi connectivity index (χ1v) is 9.54. The summed E-state index contributed by atoms with van der Waals surface area (Å²) in [6, 6.07) is 21.8. The van der Waals surface area contributed by atoms with Gasteiger partial charge in [0.25, 0.3) is 5.91 Å². The number of anilines is 1. The molecule has 0 radical (unpaired) electrons. The van der Waals surface area contributed by atoms with Crippen molar-refractivity contribution < 1.29 is 14.3 Å². The molecule has 1 aliphatic rings. The molecule has 31 heavy (non-hydrogen) atoms. The van der Waals surface area contributed by atoms with Crippen molar-refractivity contribution in [3.8, 4) is 11.5 Å². The number of rotatable bonds is 6. The summed E-state index contributed by atoms with van der Waals surface area (Å²) in [5.41, 5.74) is 15.1. The van der Waals surface area contributed by atoms with Crippen LogP contribution >= 0.6 is 12.4 Å². The summed E-state index contributed by atoms with van der Waals surface area (Å²) < 4.78 is 5.87. The topological polar surface area (TPSA) is 107 Å². The van der Waals surface area contributed by atoms with E-state index in [1.807, 2.05) is 78.9 Å². The number of hydrogen-bond donors (Lipinski definition) is 3. The molecule has 0 spiro atoms. The number of amides is 2. The van der Waals surface area contributed by atoms with Crippen molar-refractivity contribution in [1.29, 1.82) is 0 Å². The van der Waals surface area contributed by atoms with Gasteiger partial charge < -0.3 is 21.5 Å². The first-order chi connectivity index (χ1) is 14.5. The van der Waals surface area contributed by atoms with Gasteiger partial charge in [0.2, 0.25) is 5.91 Å². The summed E-state index contributed by atoms with van der Waals surface area (Å²) in [6.07, 6.45) is 2.25. The van der Waals surface area contributed by atoms with Crippen LogP contribution in [0.1, 0.15) is 16.7 Å². The van der Waals surface area contributed by atoms with Gasteiger partial charge in [0, 0.05) is 16.8 Å². The maximum absolute atomic E-state index is 12.2. The van der Waals surface area contributed by atoms with E-state index in [1.165, 1.54) is 0 Å². The van der Waals surface area contributed by atoms with Crippen molar-refractivity contribution in [3.05, 3.63) is 89.5 Å². The highest BCUT2D eigenvalue weighted by Crippen LogP contribution is 2.33. The van der Waals surface area contributed by atoms with E-state index in [1.54, 1.807) is 0 Å². The minimum Gasteiger partial charge on any atom is -0.457 e. The zero-order valence-electron chi connectivity index (χ0n) is 16.6. The minimum atomic E-state index is -0.702. The summed E-state index contributed by atoms with van der Waals surface area (Å²) >= 11 is 0. The normalized spacial score (nSPS) is 14.4. The van der Waals surface area contributed by atoms with E-state index in [0.29, 0.717) is 23.5 Å². The molecule has 0 fully saturated rings. The number of nitrogens with two attached hydrogens (primary N) is 2. The molecule has 0 bridgehead atoms. The summed E-state index contributed by atoms with van der Waals surface area (Å²) in [4.78, 5) is 23.3. The SMILES string of the molecule is Cl.NC(=O)C(N)Cc1ccc(Oc2ccc(/C=C3\C(=O)Nc4ccccc43)cc2)cc1. The first kappa shape index (κ1) is 22.1. The minimum absolute atomic E-state index is 0. The lowest BCUT2D eigenvalue weighted by Gasteiger charge is -2.09. The molecule has 2 amide bonds. The first-order valence-electron chi connectivity index (χ1n) is 9.54. The standard InChI is InChI=1S/C24H21N3O3.ClH/c25-21(23(26)28)14-16-7-11-18(12-8-16)30-17-9-5-15(6-10-17)13-20-19-3-1-2-4-22(19)27-24(20)29;/h1-13,21H,14,25H2,(H2,26,28)(H,27,29);1H/b20-13-;. The van der Waals surface area contributed by atoms with Gasteiger partial charge in [-0.1, -0.05) is 42.5 Å². The third-order valence-electron chi connectivity index (χ3n) is 4.88. The molecule has 0 saturated carbocycles. The Morgan fingerprint density at radius 2 is 1.58 bits per heavy atom. The molecule has 1 heterocycles. The molecule has 0 aliphatic carbocycles. The molecule has 3 aromatic carbocycles. The second-order valence-electron chi connectivity index (χ2n) is 7.09. The monoisotopic (exact) mass is 435 g/mol. The summed E-state index contributed by atoms with van der Waals surface area (Å²) in [7, 11) is 0. The number of fused-ring (bicyclic) bond motifs is 1. The van der Waals surface area contributed by atoms with Gasteiger partial charge in [-0.25, -0.2) is 0 Å². The number of carbonyl (C=O) groups is 2. The van der Waals surface area contributed by atoms with E-state index in [4.69, 9.17) is 16.2 Å². The van der Waals surface area contributed by atoms with Crippen LogP contribution in [0.3, 0.4) is 0 Å². The van der Waals surface area contributed by atoms with Crippen molar-refractivity contribution in [2.24, 2.45) is 11.5 Å². The van der Waals surface area contributed by atoms with Gasteiger partial charge in [-0.3, -0.25) is 9.59 Å². The van der Waals surface area contributed by atoms with Gasteiger partial charge >= 0.3 is 0 Å². The van der Waals surface area contributed by atoms with E-state index in [0.717, 1.165) is 22.4 Å². The second-order valence-corrected chi connectivity index (χ2v) is 7.09. The quantitative estimate of drug-likeness (QED) is 0.512. The molecule has 0 saturated heterocycles. The number of primary amides is 1. The number of benzene rings is 3. The van der Waals surface area contributed by atoms with Crippen molar-refractivity contribution in [2.45, 2.75) is 12.5 Å². The predicted molar refractivity (Wildman–Crippen MR) is 124 cm³/mol. The molecule has 3 aromatic rings. The maximum atomic E-state index is 12.2. The van der Waals surface area contributed by atoms with Crippen LogP contribution in [0.25, 0.3) is 11.6 Å². The van der Waals surface area contributed by atoms with Gasteiger partial charge in [0.05, 0.1) is 6.04 Å². The summed E-state index contributed by atoms with van der Waals surface area (Å²) in [5, 5.41) is 2.87.